The van der Waals surface area contributed by atoms with Gasteiger partial charge in [-0.2, -0.15) is 0 Å². The number of H-pyrrole nitrogens is 1. The molecule has 0 unspecified atom stereocenters. The van der Waals surface area contributed by atoms with Crippen LogP contribution in [-0.4, -0.2) is 44.3 Å². The molecule has 4 aromatic rings. The van der Waals surface area contributed by atoms with Gasteiger partial charge in [-0.25, -0.2) is 23.1 Å². The minimum atomic E-state index is -2.87. The summed E-state index contributed by atoms with van der Waals surface area (Å²) in [5, 5.41) is 0.514. The molecule has 1 aliphatic rings. The molecular weight excluding hydrogens is 445 g/mol. The summed E-state index contributed by atoms with van der Waals surface area (Å²) in [4.78, 5) is 25.4. The lowest BCUT2D eigenvalue weighted by molar-refractivity contribution is 0.0257. The number of carbonyl (C=O) groups excluding carboxylic acids is 1. The van der Waals surface area contributed by atoms with E-state index in [0.717, 1.165) is 0 Å². The molecule has 0 saturated carbocycles. The molecule has 1 fully saturated rings. The Labute approximate surface area is 193 Å². The number of imidazole rings is 1. The third-order valence-electron chi connectivity index (χ3n) is 6.25. The van der Waals surface area contributed by atoms with Crippen LogP contribution in [-0.2, 0) is 7.05 Å². The monoisotopic (exact) mass is 468 g/mol. The summed E-state index contributed by atoms with van der Waals surface area (Å²) in [5.74, 6) is -2.94. The number of anilines is 2. The molecular formula is C24H23F3N6O. The number of fused-ring (bicyclic) bond motifs is 1. The second kappa shape index (κ2) is 7.89. The van der Waals surface area contributed by atoms with Gasteiger partial charge in [-0.05, 0) is 18.2 Å². The van der Waals surface area contributed by atoms with Crippen LogP contribution < -0.4 is 10.6 Å². The van der Waals surface area contributed by atoms with Crippen LogP contribution in [0.1, 0.15) is 30.1 Å². The minimum absolute atomic E-state index is 0.0763. The van der Waals surface area contributed by atoms with Gasteiger partial charge >= 0.3 is 0 Å². The van der Waals surface area contributed by atoms with Gasteiger partial charge in [-0.15, -0.1) is 0 Å². The van der Waals surface area contributed by atoms with Crippen molar-refractivity contribution in [1.82, 2.24) is 19.5 Å². The number of halogens is 3. The predicted molar refractivity (Wildman–Crippen MR) is 125 cm³/mol. The third-order valence-corrected chi connectivity index (χ3v) is 6.25. The Bertz CT molecular complexity index is 1420. The lowest BCUT2D eigenvalue weighted by Gasteiger charge is -2.23. The molecule has 1 saturated heterocycles. The normalized spacial score (nSPS) is 15.4. The van der Waals surface area contributed by atoms with Gasteiger partial charge in [0.15, 0.2) is 5.78 Å². The Balaban J connectivity index is 1.74. The molecule has 10 heteroatoms. The number of hydrogen-bond acceptors (Lipinski definition) is 5. The number of nitrogen functional groups attached to an aromatic ring is 1. The maximum atomic E-state index is 15.7. The number of aromatic amines is 1. The fourth-order valence-electron chi connectivity index (χ4n) is 4.51. The molecule has 7 nitrogen and oxygen atoms in total. The number of carbonyl (C=O) groups is 1. The van der Waals surface area contributed by atoms with E-state index >= 15 is 4.39 Å². The second-order valence-electron chi connectivity index (χ2n) is 8.55. The molecule has 0 aliphatic carbocycles. The van der Waals surface area contributed by atoms with Gasteiger partial charge in [0.25, 0.3) is 5.92 Å². The molecule has 0 radical (unpaired) electrons. The number of nitrogens with two attached hydrogens (primary N) is 1. The summed E-state index contributed by atoms with van der Waals surface area (Å²) in [7, 11) is 1.78. The van der Waals surface area contributed by atoms with Crippen molar-refractivity contribution < 1.29 is 18.0 Å². The second-order valence-corrected chi connectivity index (χ2v) is 8.55. The number of Topliss-reactive ketones (excluding diaryl/α,β-unsaturated/α-hetero) is 1. The Morgan fingerprint density at radius 2 is 2.06 bits per heavy atom. The van der Waals surface area contributed by atoms with Gasteiger partial charge in [-0.3, -0.25) is 4.79 Å². The average Bonchev–Trinajstić information content (AvgIpc) is 3.51. The smallest absolute Gasteiger partial charge is 0.266 e. The molecule has 0 bridgehead atoms. The zero-order valence-corrected chi connectivity index (χ0v) is 18.7. The lowest BCUT2D eigenvalue weighted by atomic mass is 10.0. The fourth-order valence-corrected chi connectivity index (χ4v) is 4.51. The van der Waals surface area contributed by atoms with Crippen LogP contribution in [0.5, 0.6) is 0 Å². The zero-order chi connectivity index (χ0) is 24.2. The number of alkyl halides is 2. The molecule has 3 N–H and O–H groups in total. The minimum Gasteiger partial charge on any atom is -0.382 e. The van der Waals surface area contributed by atoms with Crippen molar-refractivity contribution in [2.24, 2.45) is 7.05 Å². The van der Waals surface area contributed by atoms with Gasteiger partial charge in [-0.1, -0.05) is 6.92 Å². The number of nitrogens with zero attached hydrogens (tertiary/aromatic N) is 4. The lowest BCUT2D eigenvalue weighted by Crippen LogP contribution is -2.25. The van der Waals surface area contributed by atoms with Gasteiger partial charge in [0.2, 0.25) is 0 Å². The Morgan fingerprint density at radius 3 is 2.71 bits per heavy atom. The van der Waals surface area contributed by atoms with Crippen molar-refractivity contribution in [2.45, 2.75) is 25.7 Å². The number of pyridine rings is 1. The highest BCUT2D eigenvalue weighted by Gasteiger charge is 2.39. The van der Waals surface area contributed by atoms with Gasteiger partial charge < -0.3 is 20.2 Å². The zero-order valence-electron chi connectivity index (χ0n) is 18.7. The number of aromatic nitrogens is 4. The summed E-state index contributed by atoms with van der Waals surface area (Å²) in [6.45, 7) is 1.29. The van der Waals surface area contributed by atoms with Gasteiger partial charge in [0.05, 0.1) is 23.3 Å². The first kappa shape index (κ1) is 22.0. The van der Waals surface area contributed by atoms with Crippen LogP contribution in [0.3, 0.4) is 0 Å². The topological polar surface area (TPSA) is 92.8 Å². The summed E-state index contributed by atoms with van der Waals surface area (Å²) >= 11 is 0. The van der Waals surface area contributed by atoms with E-state index in [-0.39, 0.29) is 36.6 Å². The molecule has 0 amide bonds. The molecule has 176 valence electrons. The highest BCUT2D eigenvalue weighted by atomic mass is 19.3. The van der Waals surface area contributed by atoms with E-state index in [2.05, 4.69) is 15.0 Å². The number of hydrogen-bond donors (Lipinski definition) is 2. The van der Waals surface area contributed by atoms with Gasteiger partial charge in [0, 0.05) is 67.2 Å². The molecule has 1 aliphatic heterocycles. The van der Waals surface area contributed by atoms with Crippen molar-refractivity contribution >= 4 is 28.2 Å². The molecule has 5 rings (SSSR count). The van der Waals surface area contributed by atoms with E-state index in [4.69, 9.17) is 5.73 Å². The summed E-state index contributed by atoms with van der Waals surface area (Å²) in [5.41, 5.74) is 8.04. The average molecular weight is 468 g/mol. The van der Waals surface area contributed by atoms with Gasteiger partial charge in [0.1, 0.15) is 17.5 Å². The van der Waals surface area contributed by atoms with E-state index in [1.165, 1.54) is 17.2 Å². The van der Waals surface area contributed by atoms with Crippen LogP contribution in [0.4, 0.5) is 24.7 Å². The van der Waals surface area contributed by atoms with E-state index in [1.807, 2.05) is 0 Å². The van der Waals surface area contributed by atoms with E-state index in [0.29, 0.717) is 39.2 Å². The number of nitrogens with one attached hydrogen (secondary N) is 1. The first-order valence-corrected chi connectivity index (χ1v) is 10.9. The maximum absolute atomic E-state index is 15.7. The summed E-state index contributed by atoms with van der Waals surface area (Å²) in [6.07, 6.45) is 4.67. The molecule has 34 heavy (non-hydrogen) atoms. The number of benzene rings is 1. The number of ketones is 1. The van der Waals surface area contributed by atoms with Crippen molar-refractivity contribution in [3.05, 3.63) is 48.2 Å². The molecule has 3 aromatic heterocycles. The van der Waals surface area contributed by atoms with Crippen molar-refractivity contribution in [1.29, 1.82) is 0 Å². The number of rotatable bonds is 5. The predicted octanol–water partition coefficient (Wildman–Crippen LogP) is 4.79. The fraction of sp³-hybridized carbons (Fsp3) is 0.292. The van der Waals surface area contributed by atoms with E-state index < -0.39 is 18.3 Å². The highest BCUT2D eigenvalue weighted by molar-refractivity contribution is 6.10. The third kappa shape index (κ3) is 3.59. The number of aryl methyl sites for hydroxylation is 1. The Kier molecular flexibility index (Phi) is 5.11. The van der Waals surface area contributed by atoms with Crippen LogP contribution >= 0.6 is 0 Å². The van der Waals surface area contributed by atoms with Crippen molar-refractivity contribution in [3.8, 4) is 22.6 Å². The van der Waals surface area contributed by atoms with E-state index in [9.17, 15) is 13.6 Å². The van der Waals surface area contributed by atoms with Crippen LogP contribution in [0.25, 0.3) is 33.5 Å². The van der Waals surface area contributed by atoms with Crippen LogP contribution in [0.15, 0.2) is 36.8 Å². The molecule has 4 heterocycles. The highest BCUT2D eigenvalue weighted by Crippen LogP contribution is 2.42. The quantitative estimate of drug-likeness (QED) is 0.411. The Hall–Kier alpha value is -3.82. The largest absolute Gasteiger partial charge is 0.382 e. The standard InChI is InChI=1S/C24H23F3N6O/c1-3-19(34)15-11-30-22(28)21-14(15)10-17(31-21)20-16(25)8-13(23-29-5-7-32(23)2)9-18(20)33-6-4-24(26,27)12-33/h5,7-11,31H,3-4,6,12H2,1-2H3,(H2,28,30). The first-order chi connectivity index (χ1) is 16.2. The SMILES string of the molecule is CCC(=O)c1cnc(N)c2[nH]c(-c3c(F)cc(-c4nccn4C)cc3N3CCC(F)(F)C3)cc12. The molecule has 1 aromatic carbocycles. The van der Waals surface area contributed by atoms with Crippen LogP contribution in [0.2, 0.25) is 0 Å². The first-order valence-electron chi connectivity index (χ1n) is 10.9. The van der Waals surface area contributed by atoms with Crippen LogP contribution in [0, 0.1) is 5.82 Å². The molecule has 0 spiro atoms. The van der Waals surface area contributed by atoms with Crippen molar-refractivity contribution in [2.75, 3.05) is 23.7 Å². The molecule has 0 atom stereocenters. The summed E-state index contributed by atoms with van der Waals surface area (Å²) in [6, 6.07) is 4.64. The van der Waals surface area contributed by atoms with Crippen molar-refractivity contribution in [3.63, 3.8) is 0 Å². The Morgan fingerprint density at radius 1 is 1.26 bits per heavy atom. The maximum Gasteiger partial charge on any atom is 0.266 e. The summed E-state index contributed by atoms with van der Waals surface area (Å²) < 4.78 is 45.7. The van der Waals surface area contributed by atoms with E-state index in [1.54, 1.807) is 43.1 Å².